The zero-order chi connectivity index (χ0) is 32.6. The quantitative estimate of drug-likeness (QED) is 0.162. The van der Waals surface area contributed by atoms with Crippen LogP contribution in [0, 0.1) is 0 Å². The number of carbonyl (C=O) groups excluding carboxylic acids is 1. The molecule has 0 radical (unpaired) electrons. The zero-order valence-electron chi connectivity index (χ0n) is 27.7. The van der Waals surface area contributed by atoms with E-state index in [1.165, 1.54) is 5.52 Å². The minimum atomic E-state index is -0.119. The van der Waals surface area contributed by atoms with E-state index in [0.717, 1.165) is 75.6 Å². The maximum Gasteiger partial charge on any atom is 0.253 e. The number of benzene rings is 3. The lowest BCUT2D eigenvalue weighted by Crippen LogP contribution is -2.35. The predicted molar refractivity (Wildman–Crippen MR) is 185 cm³/mol. The SMILES string of the molecule is CCCn1c(N2CCCN(CCC(CN(C)C(=O)c3cc(OC)c(OC)c(OC)c3)c3cccc(Cl)c3)CC2)nc2ccccc21. The van der Waals surface area contributed by atoms with Crippen molar-refractivity contribution < 1.29 is 19.0 Å². The molecule has 0 N–H and O–H groups in total. The van der Waals surface area contributed by atoms with Crippen LogP contribution >= 0.6 is 11.6 Å². The Morgan fingerprint density at radius 3 is 2.39 bits per heavy atom. The smallest absolute Gasteiger partial charge is 0.253 e. The lowest BCUT2D eigenvalue weighted by Gasteiger charge is -2.28. The third kappa shape index (κ3) is 7.53. The van der Waals surface area contributed by atoms with Crippen molar-refractivity contribution in [1.29, 1.82) is 0 Å². The molecule has 10 heteroatoms. The molecule has 4 aromatic rings. The number of likely N-dealkylation sites (N-methyl/N-ethyl adjacent to an activating group) is 1. The number of fused-ring (bicyclic) bond motifs is 1. The first-order chi connectivity index (χ1) is 22.4. The van der Waals surface area contributed by atoms with E-state index >= 15 is 0 Å². The van der Waals surface area contributed by atoms with Crippen molar-refractivity contribution in [2.45, 2.75) is 38.6 Å². The van der Waals surface area contributed by atoms with Crippen molar-refractivity contribution in [2.24, 2.45) is 0 Å². The summed E-state index contributed by atoms with van der Waals surface area (Å²) in [6.45, 7) is 8.51. The second-order valence-electron chi connectivity index (χ2n) is 11.9. The van der Waals surface area contributed by atoms with Gasteiger partial charge in [-0.25, -0.2) is 4.98 Å². The molecule has 2 heterocycles. The van der Waals surface area contributed by atoms with Gasteiger partial charge in [-0.2, -0.15) is 0 Å². The fourth-order valence-electron chi connectivity index (χ4n) is 6.44. The number of halogens is 1. The van der Waals surface area contributed by atoms with Gasteiger partial charge in [0.2, 0.25) is 11.7 Å². The number of nitrogens with zero attached hydrogens (tertiary/aromatic N) is 5. The highest BCUT2D eigenvalue weighted by Crippen LogP contribution is 2.38. The first kappa shape index (κ1) is 33.4. The van der Waals surface area contributed by atoms with Gasteiger partial charge in [0.15, 0.2) is 11.5 Å². The number of hydrogen-bond acceptors (Lipinski definition) is 7. The third-order valence-electron chi connectivity index (χ3n) is 8.82. The Morgan fingerprint density at radius 2 is 1.70 bits per heavy atom. The molecule has 1 atom stereocenters. The van der Waals surface area contributed by atoms with Crippen molar-refractivity contribution in [3.63, 3.8) is 0 Å². The van der Waals surface area contributed by atoms with Crippen molar-refractivity contribution in [2.75, 3.05) is 72.5 Å². The first-order valence-electron chi connectivity index (χ1n) is 16.1. The molecule has 1 amide bonds. The van der Waals surface area contributed by atoms with Crippen molar-refractivity contribution >= 4 is 34.5 Å². The van der Waals surface area contributed by atoms with E-state index in [0.29, 0.717) is 34.4 Å². The van der Waals surface area contributed by atoms with Crippen LogP contribution in [-0.2, 0) is 6.54 Å². The predicted octanol–water partition coefficient (Wildman–Crippen LogP) is 6.58. The van der Waals surface area contributed by atoms with Crippen LogP contribution in [0.4, 0.5) is 5.95 Å². The van der Waals surface area contributed by atoms with Gasteiger partial charge in [0, 0.05) is 56.3 Å². The van der Waals surface area contributed by atoms with Crippen LogP contribution in [0.3, 0.4) is 0 Å². The molecule has 1 aliphatic rings. The topological polar surface area (TPSA) is 72.3 Å². The summed E-state index contributed by atoms with van der Waals surface area (Å²) in [5.74, 6) is 2.42. The second-order valence-corrected chi connectivity index (χ2v) is 12.3. The Kier molecular flexibility index (Phi) is 11.3. The van der Waals surface area contributed by atoms with E-state index in [4.69, 9.17) is 30.8 Å². The normalized spacial score (nSPS) is 14.6. The van der Waals surface area contributed by atoms with Crippen LogP contribution in [0.2, 0.25) is 5.02 Å². The highest BCUT2D eigenvalue weighted by Gasteiger charge is 2.25. The van der Waals surface area contributed by atoms with E-state index in [2.05, 4.69) is 51.6 Å². The fourth-order valence-corrected chi connectivity index (χ4v) is 6.64. The molecule has 1 fully saturated rings. The van der Waals surface area contributed by atoms with Gasteiger partial charge in [-0.05, 0) is 74.3 Å². The summed E-state index contributed by atoms with van der Waals surface area (Å²) >= 11 is 6.44. The number of hydrogen-bond donors (Lipinski definition) is 0. The van der Waals surface area contributed by atoms with Gasteiger partial charge in [0.25, 0.3) is 5.91 Å². The number of aromatic nitrogens is 2. The summed E-state index contributed by atoms with van der Waals surface area (Å²) in [4.78, 5) is 25.5. The maximum absolute atomic E-state index is 13.7. The molecule has 1 aliphatic heterocycles. The Labute approximate surface area is 277 Å². The molecule has 246 valence electrons. The molecule has 9 nitrogen and oxygen atoms in total. The summed E-state index contributed by atoms with van der Waals surface area (Å²) < 4.78 is 18.8. The number of amides is 1. The van der Waals surface area contributed by atoms with E-state index < -0.39 is 0 Å². The van der Waals surface area contributed by atoms with Crippen LogP contribution in [-0.4, -0.2) is 92.9 Å². The molecule has 0 bridgehead atoms. The number of rotatable bonds is 13. The molecule has 0 saturated carbocycles. The minimum absolute atomic E-state index is 0.0998. The maximum atomic E-state index is 13.7. The molecule has 3 aromatic carbocycles. The lowest BCUT2D eigenvalue weighted by atomic mass is 9.94. The Bertz CT molecular complexity index is 1600. The molecule has 1 saturated heterocycles. The van der Waals surface area contributed by atoms with Crippen LogP contribution in [0.15, 0.2) is 60.7 Å². The Balaban J connectivity index is 1.29. The summed E-state index contributed by atoms with van der Waals surface area (Å²) in [6, 6.07) is 19.8. The third-order valence-corrected chi connectivity index (χ3v) is 9.05. The summed E-state index contributed by atoms with van der Waals surface area (Å²) in [7, 11) is 6.49. The van der Waals surface area contributed by atoms with Crippen LogP contribution in [0.5, 0.6) is 17.2 Å². The Hall–Kier alpha value is -3.95. The molecular formula is C36H46ClN5O4. The van der Waals surface area contributed by atoms with Gasteiger partial charge in [0.05, 0.1) is 32.4 Å². The first-order valence-corrected chi connectivity index (χ1v) is 16.5. The fraction of sp³-hybridized carbons (Fsp3) is 0.444. The van der Waals surface area contributed by atoms with Gasteiger partial charge in [-0.3, -0.25) is 4.79 Å². The molecular weight excluding hydrogens is 602 g/mol. The van der Waals surface area contributed by atoms with Crippen LogP contribution in [0.1, 0.15) is 48.0 Å². The Morgan fingerprint density at radius 1 is 0.935 bits per heavy atom. The van der Waals surface area contributed by atoms with Crippen molar-refractivity contribution in [1.82, 2.24) is 19.4 Å². The number of carbonyl (C=O) groups is 1. The molecule has 0 spiro atoms. The van der Waals surface area contributed by atoms with Crippen molar-refractivity contribution in [3.05, 3.63) is 76.8 Å². The van der Waals surface area contributed by atoms with Crippen LogP contribution in [0.25, 0.3) is 11.0 Å². The van der Waals surface area contributed by atoms with Gasteiger partial charge >= 0.3 is 0 Å². The average molecular weight is 648 g/mol. The van der Waals surface area contributed by atoms with E-state index in [-0.39, 0.29) is 11.8 Å². The highest BCUT2D eigenvalue weighted by molar-refractivity contribution is 6.30. The van der Waals surface area contributed by atoms with Gasteiger partial charge in [-0.15, -0.1) is 0 Å². The van der Waals surface area contributed by atoms with Gasteiger partial charge in [0.1, 0.15) is 0 Å². The minimum Gasteiger partial charge on any atom is -0.493 e. The van der Waals surface area contributed by atoms with Gasteiger partial charge in [-0.1, -0.05) is 42.8 Å². The average Bonchev–Trinajstić information content (AvgIpc) is 3.27. The summed E-state index contributed by atoms with van der Waals surface area (Å²) in [6.07, 6.45) is 3.02. The highest BCUT2D eigenvalue weighted by atomic mass is 35.5. The molecule has 46 heavy (non-hydrogen) atoms. The lowest BCUT2D eigenvalue weighted by molar-refractivity contribution is 0.0782. The number of aryl methyl sites for hydroxylation is 1. The summed E-state index contributed by atoms with van der Waals surface area (Å²) in [5, 5.41) is 0.696. The van der Waals surface area contributed by atoms with E-state index in [1.807, 2.05) is 25.2 Å². The monoisotopic (exact) mass is 647 g/mol. The van der Waals surface area contributed by atoms with E-state index in [1.54, 1.807) is 38.4 Å². The van der Waals surface area contributed by atoms with Crippen LogP contribution < -0.4 is 19.1 Å². The second kappa shape index (κ2) is 15.6. The number of anilines is 1. The zero-order valence-corrected chi connectivity index (χ0v) is 28.4. The molecule has 1 unspecified atom stereocenters. The standard InChI is InChI=1S/C36H46ClN5O4/c1-6-16-42-31-14-8-7-13-30(31)38-36(42)41-18-10-17-40(20-21-41)19-15-27(26-11-9-12-29(37)22-26)25-39(2)35(43)28-23-32(44-3)34(46-5)33(24-28)45-4/h7-9,11-14,22-24,27H,6,10,15-21,25H2,1-5H3. The number of para-hydroxylation sites is 2. The van der Waals surface area contributed by atoms with Gasteiger partial charge < -0.3 is 33.5 Å². The molecule has 5 rings (SSSR count). The molecule has 1 aromatic heterocycles. The number of methoxy groups -OCH3 is 3. The van der Waals surface area contributed by atoms with E-state index in [9.17, 15) is 4.79 Å². The number of ether oxygens (including phenoxy) is 3. The number of imidazole rings is 1. The molecule has 0 aliphatic carbocycles. The van der Waals surface area contributed by atoms with Crippen molar-refractivity contribution in [3.8, 4) is 17.2 Å². The largest absolute Gasteiger partial charge is 0.493 e. The summed E-state index contributed by atoms with van der Waals surface area (Å²) in [5.41, 5.74) is 3.86.